The van der Waals surface area contributed by atoms with Crippen molar-refractivity contribution in [3.05, 3.63) is 0 Å². The van der Waals surface area contributed by atoms with Crippen molar-refractivity contribution in [1.29, 1.82) is 0 Å². The number of unbranched alkanes of at least 4 members (excludes halogenated alkanes) is 1. The summed E-state index contributed by atoms with van der Waals surface area (Å²) in [7, 11) is 6.54. The Hall–Kier alpha value is -0.770. The average molecular weight is 173 g/mol. The summed E-state index contributed by atoms with van der Waals surface area (Å²) < 4.78 is 1.00. The van der Waals surface area contributed by atoms with Gasteiger partial charge in [-0.3, -0.25) is 4.99 Å². The first-order chi connectivity index (χ1) is 5.42. The fourth-order valence-corrected chi connectivity index (χ4v) is 0.906. The third-order valence-corrected chi connectivity index (χ3v) is 1.53. The second kappa shape index (κ2) is 4.98. The molecule has 72 valence electrons. The Kier molecular flexibility index (Phi) is 4.66. The smallest absolute Gasteiger partial charge is 0.185 e. The van der Waals surface area contributed by atoms with Crippen LogP contribution in [0.3, 0.4) is 0 Å². The summed E-state index contributed by atoms with van der Waals surface area (Å²) >= 11 is 0. The quantitative estimate of drug-likeness (QED) is 0.260. The molecule has 0 spiro atoms. The van der Waals surface area contributed by atoms with Crippen molar-refractivity contribution in [2.24, 2.45) is 16.5 Å². The van der Waals surface area contributed by atoms with Crippen molar-refractivity contribution in [2.45, 2.75) is 12.8 Å². The van der Waals surface area contributed by atoms with Gasteiger partial charge in [0.25, 0.3) is 0 Å². The van der Waals surface area contributed by atoms with Crippen LogP contribution in [-0.2, 0) is 0 Å². The number of hydrogen-bond donors (Lipinski definition) is 2. The molecule has 4 nitrogen and oxygen atoms in total. The Morgan fingerprint density at radius 1 is 1.17 bits per heavy atom. The second-order valence-electron chi connectivity index (χ2n) is 4.03. The summed E-state index contributed by atoms with van der Waals surface area (Å²) in [4.78, 5) is 3.91. The molecular weight excluding hydrogens is 152 g/mol. The summed E-state index contributed by atoms with van der Waals surface area (Å²) in [5, 5.41) is 0. The fourth-order valence-electron chi connectivity index (χ4n) is 0.906. The lowest BCUT2D eigenvalue weighted by Gasteiger charge is -2.23. The first kappa shape index (κ1) is 11.2. The molecular formula is C8H21N4+. The Morgan fingerprint density at radius 3 is 2.17 bits per heavy atom. The minimum Gasteiger partial charge on any atom is -0.370 e. The SMILES string of the molecule is C[N+](C)(C)CCCCN=C(N)N. The predicted molar refractivity (Wildman–Crippen MR) is 52.8 cm³/mol. The summed E-state index contributed by atoms with van der Waals surface area (Å²) in [6.45, 7) is 1.92. The second-order valence-corrected chi connectivity index (χ2v) is 4.03. The van der Waals surface area contributed by atoms with E-state index in [4.69, 9.17) is 11.5 Å². The van der Waals surface area contributed by atoms with Crippen LogP contribution in [0.2, 0.25) is 0 Å². The van der Waals surface area contributed by atoms with Gasteiger partial charge in [-0.15, -0.1) is 0 Å². The van der Waals surface area contributed by atoms with Crippen LogP contribution in [-0.4, -0.2) is 44.7 Å². The lowest BCUT2D eigenvalue weighted by molar-refractivity contribution is -0.870. The molecule has 0 fully saturated rings. The molecule has 0 atom stereocenters. The van der Waals surface area contributed by atoms with Gasteiger partial charge in [-0.2, -0.15) is 0 Å². The Bertz CT molecular complexity index is 142. The predicted octanol–water partition coefficient (Wildman–Crippen LogP) is -0.254. The molecule has 0 aromatic rings. The Balaban J connectivity index is 3.29. The fraction of sp³-hybridized carbons (Fsp3) is 0.875. The molecule has 4 N–H and O–H groups in total. The molecule has 0 radical (unpaired) electrons. The maximum Gasteiger partial charge on any atom is 0.185 e. The molecule has 0 saturated carbocycles. The van der Waals surface area contributed by atoms with E-state index in [2.05, 4.69) is 26.1 Å². The van der Waals surface area contributed by atoms with E-state index in [9.17, 15) is 0 Å². The summed E-state index contributed by atoms with van der Waals surface area (Å²) in [6, 6.07) is 0. The zero-order chi connectivity index (χ0) is 9.61. The Labute approximate surface area is 74.8 Å². The van der Waals surface area contributed by atoms with Crippen molar-refractivity contribution in [3.8, 4) is 0 Å². The molecule has 4 heteroatoms. The number of nitrogens with two attached hydrogens (primary N) is 2. The van der Waals surface area contributed by atoms with Crippen molar-refractivity contribution in [2.75, 3.05) is 34.2 Å². The lowest BCUT2D eigenvalue weighted by Crippen LogP contribution is -2.35. The van der Waals surface area contributed by atoms with Gasteiger partial charge in [0.05, 0.1) is 27.7 Å². The number of nitrogens with zero attached hydrogens (tertiary/aromatic N) is 2. The van der Waals surface area contributed by atoms with Gasteiger partial charge in [-0.25, -0.2) is 0 Å². The standard InChI is InChI=1S/C8H21N4/c1-12(2,3)7-5-4-6-11-8(9)10/h4-7H2,1-3H3,(H4,9,10,11)/q+1. The van der Waals surface area contributed by atoms with Crippen LogP contribution in [0.15, 0.2) is 4.99 Å². The summed E-state index contributed by atoms with van der Waals surface area (Å²) in [5.74, 6) is 0.195. The number of hydrogen-bond acceptors (Lipinski definition) is 1. The summed E-state index contributed by atoms with van der Waals surface area (Å²) in [5.41, 5.74) is 10.4. The largest absolute Gasteiger partial charge is 0.370 e. The third kappa shape index (κ3) is 9.23. The van der Waals surface area contributed by atoms with Crippen molar-refractivity contribution in [3.63, 3.8) is 0 Å². The summed E-state index contributed by atoms with van der Waals surface area (Å²) in [6.07, 6.45) is 2.23. The van der Waals surface area contributed by atoms with Gasteiger partial charge in [-0.1, -0.05) is 0 Å². The van der Waals surface area contributed by atoms with E-state index in [-0.39, 0.29) is 5.96 Å². The van der Waals surface area contributed by atoms with Gasteiger partial charge in [0.2, 0.25) is 0 Å². The topological polar surface area (TPSA) is 64.4 Å². The number of guanidine groups is 1. The van der Waals surface area contributed by atoms with E-state index in [1.165, 1.54) is 13.0 Å². The molecule has 0 aliphatic rings. The monoisotopic (exact) mass is 173 g/mol. The highest BCUT2D eigenvalue weighted by molar-refractivity contribution is 5.75. The molecule has 0 heterocycles. The molecule has 12 heavy (non-hydrogen) atoms. The highest BCUT2D eigenvalue weighted by Crippen LogP contribution is 1.97. The van der Waals surface area contributed by atoms with E-state index in [0.717, 1.165) is 17.4 Å². The van der Waals surface area contributed by atoms with E-state index >= 15 is 0 Å². The molecule has 0 unspecified atom stereocenters. The van der Waals surface area contributed by atoms with Gasteiger partial charge >= 0.3 is 0 Å². The minimum atomic E-state index is 0.195. The van der Waals surface area contributed by atoms with Crippen LogP contribution in [0.5, 0.6) is 0 Å². The molecule has 0 amide bonds. The van der Waals surface area contributed by atoms with Gasteiger partial charge in [-0.05, 0) is 12.8 Å². The number of rotatable bonds is 5. The van der Waals surface area contributed by atoms with E-state index < -0.39 is 0 Å². The normalized spacial score (nSPS) is 11.2. The van der Waals surface area contributed by atoms with Gasteiger partial charge in [0, 0.05) is 6.54 Å². The maximum absolute atomic E-state index is 5.18. The van der Waals surface area contributed by atoms with E-state index in [1.807, 2.05) is 0 Å². The van der Waals surface area contributed by atoms with Crippen LogP contribution in [0.1, 0.15) is 12.8 Å². The van der Waals surface area contributed by atoms with Crippen molar-refractivity contribution in [1.82, 2.24) is 0 Å². The zero-order valence-corrected chi connectivity index (χ0v) is 8.38. The highest BCUT2D eigenvalue weighted by Gasteiger charge is 2.04. The van der Waals surface area contributed by atoms with Crippen LogP contribution in [0, 0.1) is 0 Å². The molecule has 0 aliphatic heterocycles. The van der Waals surface area contributed by atoms with Gasteiger partial charge in [0.15, 0.2) is 5.96 Å². The molecule has 0 aliphatic carbocycles. The van der Waals surface area contributed by atoms with Gasteiger partial charge in [0.1, 0.15) is 0 Å². The molecule has 0 rings (SSSR count). The highest BCUT2D eigenvalue weighted by atomic mass is 15.3. The first-order valence-electron chi connectivity index (χ1n) is 4.28. The van der Waals surface area contributed by atoms with E-state index in [0.29, 0.717) is 0 Å². The third-order valence-electron chi connectivity index (χ3n) is 1.53. The molecule has 0 saturated heterocycles. The van der Waals surface area contributed by atoms with Crippen LogP contribution in [0.25, 0.3) is 0 Å². The van der Waals surface area contributed by atoms with Crippen molar-refractivity contribution < 1.29 is 4.48 Å². The van der Waals surface area contributed by atoms with Crippen molar-refractivity contribution >= 4 is 5.96 Å². The number of aliphatic imine (C=N–C) groups is 1. The number of quaternary nitrogens is 1. The average Bonchev–Trinajstić information content (AvgIpc) is 1.83. The Morgan fingerprint density at radius 2 is 1.75 bits per heavy atom. The molecule has 0 aromatic carbocycles. The zero-order valence-electron chi connectivity index (χ0n) is 8.38. The van der Waals surface area contributed by atoms with Crippen LogP contribution < -0.4 is 11.5 Å². The van der Waals surface area contributed by atoms with Crippen LogP contribution in [0.4, 0.5) is 0 Å². The van der Waals surface area contributed by atoms with Gasteiger partial charge < -0.3 is 16.0 Å². The minimum absolute atomic E-state index is 0.195. The molecule has 0 aromatic heterocycles. The first-order valence-corrected chi connectivity index (χ1v) is 4.28. The van der Waals surface area contributed by atoms with Crippen LogP contribution >= 0.6 is 0 Å². The van der Waals surface area contributed by atoms with E-state index in [1.54, 1.807) is 0 Å². The molecule has 0 bridgehead atoms. The maximum atomic E-state index is 5.18. The lowest BCUT2D eigenvalue weighted by atomic mass is 10.3.